The van der Waals surface area contributed by atoms with E-state index in [1.807, 2.05) is 30.3 Å². The van der Waals surface area contributed by atoms with E-state index in [9.17, 15) is 9.59 Å². The highest BCUT2D eigenvalue weighted by Crippen LogP contribution is 2.16. The summed E-state index contributed by atoms with van der Waals surface area (Å²) in [4.78, 5) is 27.3. The quantitative estimate of drug-likeness (QED) is 0.477. The van der Waals surface area contributed by atoms with Gasteiger partial charge in [-0.25, -0.2) is 0 Å². The number of aromatic amines is 2. The second kappa shape index (κ2) is 7.16. The smallest absolute Gasteiger partial charge is 0.248 e. The van der Waals surface area contributed by atoms with Crippen LogP contribution in [0.25, 0.3) is 21.8 Å². The van der Waals surface area contributed by atoms with Crippen molar-refractivity contribution in [1.82, 2.24) is 9.97 Å². The van der Waals surface area contributed by atoms with E-state index >= 15 is 0 Å². The van der Waals surface area contributed by atoms with Crippen LogP contribution in [0.1, 0.15) is 5.56 Å². The zero-order valence-electron chi connectivity index (χ0n) is 12.9. The summed E-state index contributed by atoms with van der Waals surface area (Å²) in [6, 6.07) is 19.5. The molecule has 25 heavy (non-hydrogen) atoms. The number of aromatic nitrogens is 2. The van der Waals surface area contributed by atoms with Gasteiger partial charge in [0.2, 0.25) is 11.1 Å². The Bertz CT molecular complexity index is 1220. The molecule has 0 aliphatic carbocycles. The number of H-pyrrole nitrogens is 2. The molecule has 0 aliphatic rings. The first-order valence-electron chi connectivity index (χ1n) is 7.37. The monoisotopic (exact) mass is 393 g/mol. The van der Waals surface area contributed by atoms with Crippen LogP contribution in [0.2, 0.25) is 0 Å². The third-order valence-corrected chi connectivity index (χ3v) is 4.04. The summed E-state index contributed by atoms with van der Waals surface area (Å²) in [6.45, 7) is 0. The van der Waals surface area contributed by atoms with Gasteiger partial charge >= 0.3 is 0 Å². The van der Waals surface area contributed by atoms with E-state index in [2.05, 4.69) is 25.9 Å². The number of hydrogen-bond donors (Lipinski definition) is 2. The number of benzene rings is 2. The van der Waals surface area contributed by atoms with Gasteiger partial charge in [-0.05, 0) is 47.2 Å². The Morgan fingerprint density at radius 1 is 0.760 bits per heavy atom. The minimum absolute atomic E-state index is 0.0689. The number of nitriles is 1. The molecule has 2 aromatic carbocycles. The minimum Gasteiger partial charge on any atom is -0.322 e. The molecule has 0 saturated heterocycles. The van der Waals surface area contributed by atoms with Crippen molar-refractivity contribution in [3.63, 3.8) is 0 Å². The largest absolute Gasteiger partial charge is 0.322 e. The maximum absolute atomic E-state index is 10.9. The van der Waals surface area contributed by atoms with Gasteiger partial charge in [-0.15, -0.1) is 0 Å². The number of fused-ring (bicyclic) bond motifs is 2. The summed E-state index contributed by atoms with van der Waals surface area (Å²) in [5.74, 6) is 0. The van der Waals surface area contributed by atoms with Gasteiger partial charge in [0.1, 0.15) is 0 Å². The summed E-state index contributed by atoms with van der Waals surface area (Å²) in [6.07, 6.45) is 0. The van der Waals surface area contributed by atoms with Gasteiger partial charge in [-0.3, -0.25) is 9.59 Å². The standard InChI is InChI=1S/C10H6N2O.C9H6BrNO/c11-6-7-1-2-8-3-4-10(13)12-9(8)5-7;10-7-3-1-6-2-4-9(12)11-8(6)5-7/h1-5H,(H,12,13);1-5H,(H,11,12). The molecule has 0 unspecified atom stereocenters. The molecule has 0 amide bonds. The van der Waals surface area contributed by atoms with Crippen molar-refractivity contribution < 1.29 is 0 Å². The molecular weight excluding hydrogens is 382 g/mol. The van der Waals surface area contributed by atoms with Crippen LogP contribution in [-0.4, -0.2) is 9.97 Å². The molecule has 122 valence electrons. The molecular formula is C19H12BrN3O2. The average molecular weight is 394 g/mol. The molecule has 0 radical (unpaired) electrons. The van der Waals surface area contributed by atoms with E-state index < -0.39 is 0 Å². The fraction of sp³-hybridized carbons (Fsp3) is 0. The van der Waals surface area contributed by atoms with Crippen LogP contribution in [0.15, 0.2) is 74.7 Å². The molecule has 4 rings (SSSR count). The normalized spacial score (nSPS) is 10.1. The van der Waals surface area contributed by atoms with Crippen molar-refractivity contribution in [3.05, 3.63) is 91.4 Å². The van der Waals surface area contributed by atoms with E-state index in [-0.39, 0.29) is 11.1 Å². The van der Waals surface area contributed by atoms with Gasteiger partial charge in [0.05, 0.1) is 11.6 Å². The predicted octanol–water partition coefficient (Wildman–Crippen LogP) is 3.69. The lowest BCUT2D eigenvalue weighted by Gasteiger charge is -1.96. The van der Waals surface area contributed by atoms with E-state index in [4.69, 9.17) is 5.26 Å². The van der Waals surface area contributed by atoms with Crippen molar-refractivity contribution in [2.45, 2.75) is 0 Å². The van der Waals surface area contributed by atoms with Gasteiger partial charge in [-0.2, -0.15) is 5.26 Å². The molecule has 2 heterocycles. The number of nitrogens with one attached hydrogen (secondary N) is 2. The summed E-state index contributed by atoms with van der Waals surface area (Å²) in [5, 5.41) is 10.6. The summed E-state index contributed by atoms with van der Waals surface area (Å²) in [7, 11) is 0. The summed E-state index contributed by atoms with van der Waals surface area (Å²) >= 11 is 3.33. The lowest BCUT2D eigenvalue weighted by molar-refractivity contribution is 1.30. The summed E-state index contributed by atoms with van der Waals surface area (Å²) < 4.78 is 0.969. The Morgan fingerprint density at radius 3 is 1.88 bits per heavy atom. The van der Waals surface area contributed by atoms with Crippen LogP contribution in [0.3, 0.4) is 0 Å². The molecule has 6 heteroatoms. The van der Waals surface area contributed by atoms with Crippen LogP contribution in [-0.2, 0) is 0 Å². The van der Waals surface area contributed by atoms with Crippen molar-refractivity contribution in [2.24, 2.45) is 0 Å². The fourth-order valence-corrected chi connectivity index (χ4v) is 2.70. The first-order valence-corrected chi connectivity index (χ1v) is 8.16. The molecule has 0 fully saturated rings. The number of halogens is 1. The van der Waals surface area contributed by atoms with Gasteiger partial charge in [0, 0.05) is 27.6 Å². The lowest BCUT2D eigenvalue weighted by atomic mass is 10.1. The second-order valence-corrected chi connectivity index (χ2v) is 6.21. The van der Waals surface area contributed by atoms with Crippen molar-refractivity contribution in [1.29, 1.82) is 5.26 Å². The Hall–Kier alpha value is -3.17. The first kappa shape index (κ1) is 16.7. The molecule has 4 aromatic rings. The molecule has 0 bridgehead atoms. The second-order valence-electron chi connectivity index (χ2n) is 5.29. The summed E-state index contributed by atoms with van der Waals surface area (Å²) in [5.41, 5.74) is 1.89. The topological polar surface area (TPSA) is 89.5 Å². The molecule has 5 nitrogen and oxygen atoms in total. The minimum atomic E-state index is -0.150. The molecule has 2 aromatic heterocycles. The Kier molecular flexibility index (Phi) is 4.78. The number of rotatable bonds is 0. The highest BCUT2D eigenvalue weighted by Gasteiger charge is 1.95. The SMILES string of the molecule is N#Cc1ccc2ccc(=O)[nH]c2c1.O=c1ccc2ccc(Br)cc2[nH]1. The predicted molar refractivity (Wildman–Crippen MR) is 102 cm³/mol. The fourth-order valence-electron chi connectivity index (χ4n) is 2.34. The zero-order valence-corrected chi connectivity index (χ0v) is 14.5. The average Bonchev–Trinajstić information content (AvgIpc) is 2.61. The van der Waals surface area contributed by atoms with Gasteiger partial charge in [-0.1, -0.05) is 28.1 Å². The van der Waals surface area contributed by atoms with Crippen LogP contribution >= 0.6 is 15.9 Å². The van der Waals surface area contributed by atoms with E-state index in [0.717, 1.165) is 20.8 Å². The van der Waals surface area contributed by atoms with Gasteiger partial charge < -0.3 is 9.97 Å². The number of pyridine rings is 2. The Morgan fingerprint density at radius 2 is 1.28 bits per heavy atom. The lowest BCUT2D eigenvalue weighted by Crippen LogP contribution is -2.02. The Balaban J connectivity index is 0.000000146. The number of hydrogen-bond acceptors (Lipinski definition) is 3. The van der Waals surface area contributed by atoms with Crippen LogP contribution in [0.4, 0.5) is 0 Å². The van der Waals surface area contributed by atoms with Gasteiger partial charge in [0.25, 0.3) is 0 Å². The van der Waals surface area contributed by atoms with E-state index in [0.29, 0.717) is 11.1 Å². The zero-order chi connectivity index (χ0) is 17.8. The maximum Gasteiger partial charge on any atom is 0.248 e. The molecule has 0 atom stereocenters. The maximum atomic E-state index is 10.9. The first-order chi connectivity index (χ1) is 12.0. The van der Waals surface area contributed by atoms with E-state index in [1.54, 1.807) is 24.3 Å². The van der Waals surface area contributed by atoms with Crippen LogP contribution in [0, 0.1) is 11.3 Å². The van der Waals surface area contributed by atoms with Crippen molar-refractivity contribution >= 4 is 37.7 Å². The van der Waals surface area contributed by atoms with Crippen LogP contribution in [0.5, 0.6) is 0 Å². The van der Waals surface area contributed by atoms with Gasteiger partial charge in [0.15, 0.2) is 0 Å². The van der Waals surface area contributed by atoms with Crippen molar-refractivity contribution in [3.8, 4) is 6.07 Å². The van der Waals surface area contributed by atoms with E-state index in [1.165, 1.54) is 12.1 Å². The third-order valence-electron chi connectivity index (χ3n) is 3.54. The number of nitrogens with zero attached hydrogens (tertiary/aromatic N) is 1. The molecule has 0 saturated carbocycles. The molecule has 2 N–H and O–H groups in total. The molecule has 0 aliphatic heterocycles. The molecule has 0 spiro atoms. The highest BCUT2D eigenvalue weighted by molar-refractivity contribution is 9.10. The van der Waals surface area contributed by atoms with Crippen molar-refractivity contribution in [2.75, 3.05) is 0 Å². The Labute approximate surface area is 150 Å². The van der Waals surface area contributed by atoms with Crippen LogP contribution < -0.4 is 11.1 Å². The highest BCUT2D eigenvalue weighted by atomic mass is 79.9. The third kappa shape index (κ3) is 4.03.